The lowest BCUT2D eigenvalue weighted by Gasteiger charge is -2.36. The van der Waals surface area contributed by atoms with Crippen LogP contribution in [0, 0.1) is 5.41 Å². The van der Waals surface area contributed by atoms with E-state index in [0.29, 0.717) is 19.4 Å². The molecule has 1 aromatic heterocycles. The number of nitrogens with one attached hydrogen (secondary N) is 1. The molecule has 1 fully saturated rings. The van der Waals surface area contributed by atoms with Gasteiger partial charge in [-0.05, 0) is 25.0 Å². The molecule has 6 heteroatoms. The molecule has 1 aliphatic rings. The fraction of sp³-hybridized carbons (Fsp3) is 0.353. The molecule has 6 nitrogen and oxygen atoms in total. The fourth-order valence-electron chi connectivity index (χ4n) is 2.81. The molecule has 1 saturated carbocycles. The molecule has 1 heterocycles. The normalized spacial score (nSPS) is 15.7. The summed E-state index contributed by atoms with van der Waals surface area (Å²) in [4.78, 5) is 23.3. The Kier molecular flexibility index (Phi) is 4.14. The molecular weight excluding hydrogens is 294 g/mol. The van der Waals surface area contributed by atoms with Gasteiger partial charge in [0.2, 0.25) is 5.91 Å². The zero-order chi connectivity index (χ0) is 16.3. The monoisotopic (exact) mass is 313 g/mol. The number of aliphatic carboxylic acids is 1. The van der Waals surface area contributed by atoms with Crippen molar-refractivity contribution in [1.82, 2.24) is 15.1 Å². The molecule has 0 atom stereocenters. The maximum Gasteiger partial charge on any atom is 0.310 e. The summed E-state index contributed by atoms with van der Waals surface area (Å²) in [7, 11) is 0. The number of hydrogen-bond acceptors (Lipinski definition) is 3. The smallest absolute Gasteiger partial charge is 0.310 e. The van der Waals surface area contributed by atoms with Gasteiger partial charge in [-0.15, -0.1) is 0 Å². The summed E-state index contributed by atoms with van der Waals surface area (Å²) >= 11 is 0. The van der Waals surface area contributed by atoms with Gasteiger partial charge in [-0.3, -0.25) is 9.59 Å². The molecule has 0 radical (unpaired) electrons. The van der Waals surface area contributed by atoms with Crippen molar-refractivity contribution in [3.63, 3.8) is 0 Å². The van der Waals surface area contributed by atoms with Gasteiger partial charge in [0.05, 0.1) is 17.3 Å². The number of rotatable bonds is 6. The average molecular weight is 313 g/mol. The number of carboxylic acid groups (broad SMARTS) is 1. The van der Waals surface area contributed by atoms with Crippen molar-refractivity contribution in [2.75, 3.05) is 0 Å². The molecule has 2 N–H and O–H groups in total. The number of para-hydroxylation sites is 1. The highest BCUT2D eigenvalue weighted by Crippen LogP contribution is 2.44. The van der Waals surface area contributed by atoms with Crippen LogP contribution >= 0.6 is 0 Å². The highest BCUT2D eigenvalue weighted by Gasteiger charge is 2.45. The number of hydrogen-bond donors (Lipinski definition) is 2. The average Bonchev–Trinajstić information content (AvgIpc) is 2.98. The molecule has 0 spiro atoms. The number of aromatic nitrogens is 2. The molecule has 0 aliphatic heterocycles. The third-order valence-electron chi connectivity index (χ3n) is 4.41. The maximum atomic E-state index is 12.0. The standard InChI is InChI=1S/C17H19N3O3/c21-15(9-17(16(22)23)7-4-8-17)18-10-13-11-19-20(12-13)14-5-2-1-3-6-14/h1-3,5-6,11-12H,4,7-10H2,(H,18,21)(H,22,23). The largest absolute Gasteiger partial charge is 0.481 e. The Labute approximate surface area is 134 Å². The van der Waals surface area contributed by atoms with Gasteiger partial charge < -0.3 is 10.4 Å². The van der Waals surface area contributed by atoms with E-state index in [1.54, 1.807) is 10.9 Å². The van der Waals surface area contributed by atoms with Gasteiger partial charge in [0.25, 0.3) is 0 Å². The molecule has 1 amide bonds. The molecule has 1 aliphatic carbocycles. The Balaban J connectivity index is 1.56. The Bertz CT molecular complexity index is 705. The van der Waals surface area contributed by atoms with Crippen molar-refractivity contribution in [3.05, 3.63) is 48.3 Å². The van der Waals surface area contributed by atoms with E-state index in [1.807, 2.05) is 36.5 Å². The van der Waals surface area contributed by atoms with Crippen molar-refractivity contribution >= 4 is 11.9 Å². The molecule has 3 rings (SSSR count). The van der Waals surface area contributed by atoms with Gasteiger partial charge in [-0.2, -0.15) is 5.10 Å². The van der Waals surface area contributed by atoms with Crippen LogP contribution in [0.15, 0.2) is 42.7 Å². The molecule has 23 heavy (non-hydrogen) atoms. The molecule has 0 unspecified atom stereocenters. The summed E-state index contributed by atoms with van der Waals surface area (Å²) < 4.78 is 1.74. The van der Waals surface area contributed by atoms with E-state index in [2.05, 4.69) is 10.4 Å². The number of nitrogens with zero attached hydrogens (tertiary/aromatic N) is 2. The zero-order valence-electron chi connectivity index (χ0n) is 12.7. The SMILES string of the molecule is O=C(CC1(C(=O)O)CCC1)NCc1cnn(-c2ccccc2)c1. The van der Waals surface area contributed by atoms with Crippen LogP contribution in [0.2, 0.25) is 0 Å². The lowest BCUT2D eigenvalue weighted by atomic mass is 9.66. The number of benzene rings is 1. The fourth-order valence-corrected chi connectivity index (χ4v) is 2.81. The minimum Gasteiger partial charge on any atom is -0.481 e. The first kappa shape index (κ1) is 15.3. The predicted octanol–water partition coefficient (Wildman–Crippen LogP) is 2.13. The molecular formula is C17H19N3O3. The third-order valence-corrected chi connectivity index (χ3v) is 4.41. The van der Waals surface area contributed by atoms with Crippen molar-refractivity contribution in [2.24, 2.45) is 5.41 Å². The van der Waals surface area contributed by atoms with Crippen LogP contribution in [-0.4, -0.2) is 26.8 Å². The van der Waals surface area contributed by atoms with Gasteiger partial charge in [-0.25, -0.2) is 4.68 Å². The zero-order valence-corrected chi connectivity index (χ0v) is 12.7. The van der Waals surface area contributed by atoms with Crippen LogP contribution in [0.25, 0.3) is 5.69 Å². The van der Waals surface area contributed by atoms with E-state index in [-0.39, 0.29) is 12.3 Å². The molecule has 120 valence electrons. The lowest BCUT2D eigenvalue weighted by Crippen LogP contribution is -2.42. The highest BCUT2D eigenvalue weighted by atomic mass is 16.4. The minimum atomic E-state index is -0.865. The van der Waals surface area contributed by atoms with E-state index in [1.165, 1.54) is 0 Å². The van der Waals surface area contributed by atoms with Crippen molar-refractivity contribution in [1.29, 1.82) is 0 Å². The Hall–Kier alpha value is -2.63. The van der Waals surface area contributed by atoms with Crippen molar-refractivity contribution in [3.8, 4) is 5.69 Å². The first-order chi connectivity index (χ1) is 11.1. The number of carboxylic acids is 1. The second-order valence-electron chi connectivity index (χ2n) is 6.02. The summed E-state index contributed by atoms with van der Waals surface area (Å²) in [5.74, 6) is -1.09. The summed E-state index contributed by atoms with van der Waals surface area (Å²) in [5.41, 5.74) is 0.975. The van der Waals surface area contributed by atoms with Crippen LogP contribution in [-0.2, 0) is 16.1 Å². The quantitative estimate of drug-likeness (QED) is 0.855. The first-order valence-corrected chi connectivity index (χ1v) is 7.68. The Morgan fingerprint density at radius 3 is 2.61 bits per heavy atom. The van der Waals surface area contributed by atoms with E-state index in [0.717, 1.165) is 17.7 Å². The van der Waals surface area contributed by atoms with Crippen molar-refractivity contribution in [2.45, 2.75) is 32.2 Å². The van der Waals surface area contributed by atoms with E-state index >= 15 is 0 Å². The maximum absolute atomic E-state index is 12.0. The summed E-state index contributed by atoms with van der Waals surface area (Å²) in [5, 5.41) is 16.3. The van der Waals surface area contributed by atoms with E-state index in [9.17, 15) is 14.7 Å². The second-order valence-corrected chi connectivity index (χ2v) is 6.02. The van der Waals surface area contributed by atoms with Gasteiger partial charge in [0, 0.05) is 24.7 Å². The number of amides is 1. The third kappa shape index (κ3) is 3.26. The Morgan fingerprint density at radius 2 is 2.00 bits per heavy atom. The summed E-state index contributed by atoms with van der Waals surface area (Å²) in [6, 6.07) is 9.70. The molecule has 0 saturated heterocycles. The van der Waals surface area contributed by atoms with Gasteiger partial charge >= 0.3 is 5.97 Å². The van der Waals surface area contributed by atoms with Crippen LogP contribution in [0.5, 0.6) is 0 Å². The summed E-state index contributed by atoms with van der Waals surface area (Å²) in [6.45, 7) is 0.349. The van der Waals surface area contributed by atoms with E-state index < -0.39 is 11.4 Å². The summed E-state index contributed by atoms with van der Waals surface area (Å²) in [6.07, 6.45) is 5.65. The van der Waals surface area contributed by atoms with Crippen molar-refractivity contribution < 1.29 is 14.7 Å². The Morgan fingerprint density at radius 1 is 1.26 bits per heavy atom. The first-order valence-electron chi connectivity index (χ1n) is 7.68. The van der Waals surface area contributed by atoms with Crippen LogP contribution in [0.1, 0.15) is 31.2 Å². The topological polar surface area (TPSA) is 84.2 Å². The van der Waals surface area contributed by atoms with Gasteiger partial charge in [0.15, 0.2) is 0 Å². The number of carbonyl (C=O) groups is 2. The second kappa shape index (κ2) is 6.24. The minimum absolute atomic E-state index is 0.0507. The highest BCUT2D eigenvalue weighted by molar-refractivity contribution is 5.85. The van der Waals surface area contributed by atoms with Crippen LogP contribution in [0.4, 0.5) is 0 Å². The van der Waals surface area contributed by atoms with E-state index in [4.69, 9.17) is 0 Å². The number of carbonyl (C=O) groups excluding carboxylic acids is 1. The van der Waals surface area contributed by atoms with Crippen LogP contribution < -0.4 is 5.32 Å². The molecule has 1 aromatic carbocycles. The van der Waals surface area contributed by atoms with Crippen LogP contribution in [0.3, 0.4) is 0 Å². The molecule has 0 bridgehead atoms. The predicted molar refractivity (Wildman–Crippen MR) is 83.9 cm³/mol. The van der Waals surface area contributed by atoms with Gasteiger partial charge in [0.1, 0.15) is 0 Å². The molecule has 2 aromatic rings. The lowest BCUT2D eigenvalue weighted by molar-refractivity contribution is -0.157. The van der Waals surface area contributed by atoms with Gasteiger partial charge in [-0.1, -0.05) is 24.6 Å².